The summed E-state index contributed by atoms with van der Waals surface area (Å²) >= 11 is 1.98. The van der Waals surface area contributed by atoms with Crippen LogP contribution >= 0.6 is 11.8 Å². The van der Waals surface area contributed by atoms with Crippen LogP contribution < -0.4 is 15.4 Å². The van der Waals surface area contributed by atoms with E-state index >= 15 is 0 Å². The Morgan fingerprint density at radius 2 is 2.17 bits per heavy atom. The van der Waals surface area contributed by atoms with E-state index in [2.05, 4.69) is 29.6 Å². The fourth-order valence-electron chi connectivity index (χ4n) is 2.76. The number of hydrogen-bond donors (Lipinski definition) is 2. The summed E-state index contributed by atoms with van der Waals surface area (Å²) < 4.78 is 5.29. The number of nitrogens with one attached hydrogen (secondary N) is 2. The molecule has 0 spiro atoms. The fraction of sp³-hybridized carbons (Fsp3) is 0.588. The molecule has 2 rings (SSSR count). The summed E-state index contributed by atoms with van der Waals surface area (Å²) in [6.45, 7) is 1.67. The summed E-state index contributed by atoms with van der Waals surface area (Å²) in [6.07, 6.45) is 1.17. The Balaban J connectivity index is 1.75. The molecular formula is C17H27N3O2S. The Labute approximate surface area is 143 Å². The molecule has 1 amide bonds. The predicted octanol–water partition coefficient (Wildman–Crippen LogP) is 1.34. The van der Waals surface area contributed by atoms with Gasteiger partial charge in [0, 0.05) is 29.9 Å². The highest BCUT2D eigenvalue weighted by Gasteiger charge is 2.36. The van der Waals surface area contributed by atoms with E-state index in [1.165, 1.54) is 12.2 Å². The van der Waals surface area contributed by atoms with Crippen molar-refractivity contribution < 1.29 is 9.53 Å². The van der Waals surface area contributed by atoms with Crippen molar-refractivity contribution in [2.24, 2.45) is 0 Å². The number of likely N-dealkylation sites (N-methyl/N-ethyl adjacent to an activating group) is 1. The highest BCUT2D eigenvalue weighted by atomic mass is 32.2. The molecule has 1 unspecified atom stereocenters. The lowest BCUT2D eigenvalue weighted by Gasteiger charge is -2.35. The predicted molar refractivity (Wildman–Crippen MR) is 96.1 cm³/mol. The second-order valence-corrected chi connectivity index (χ2v) is 7.22. The van der Waals surface area contributed by atoms with Crippen LogP contribution in [0, 0.1) is 0 Å². The van der Waals surface area contributed by atoms with Crippen LogP contribution in [0.1, 0.15) is 12.0 Å². The fourth-order valence-corrected chi connectivity index (χ4v) is 4.31. The zero-order valence-electron chi connectivity index (χ0n) is 14.2. The standard InChI is InChI=1S/C17H27N3O2S/c1-20(2)17(8-9-23-13-17)12-18-11-16(21)19-10-14-6-4-5-7-15(14)22-3/h4-7,18H,8-13H2,1-3H3,(H,19,21). The number of carbonyl (C=O) groups excluding carboxylic acids is 1. The van der Waals surface area contributed by atoms with Gasteiger partial charge in [0.05, 0.1) is 13.7 Å². The van der Waals surface area contributed by atoms with E-state index in [1.54, 1.807) is 7.11 Å². The summed E-state index contributed by atoms with van der Waals surface area (Å²) in [5.74, 6) is 3.13. The van der Waals surface area contributed by atoms with Gasteiger partial charge in [-0.2, -0.15) is 11.8 Å². The summed E-state index contributed by atoms with van der Waals surface area (Å²) in [6, 6.07) is 7.73. The van der Waals surface area contributed by atoms with Gasteiger partial charge in [-0.25, -0.2) is 0 Å². The number of thioether (sulfide) groups is 1. The van der Waals surface area contributed by atoms with E-state index < -0.39 is 0 Å². The first-order valence-electron chi connectivity index (χ1n) is 7.92. The summed E-state index contributed by atoms with van der Waals surface area (Å²) in [5, 5.41) is 6.26. The Bertz CT molecular complexity index is 516. The largest absolute Gasteiger partial charge is 0.496 e. The number of benzene rings is 1. The van der Waals surface area contributed by atoms with Crippen molar-refractivity contribution in [2.45, 2.75) is 18.5 Å². The van der Waals surface area contributed by atoms with E-state index in [-0.39, 0.29) is 11.4 Å². The van der Waals surface area contributed by atoms with Crippen LogP contribution in [0.5, 0.6) is 5.75 Å². The van der Waals surface area contributed by atoms with Gasteiger partial charge >= 0.3 is 0 Å². The number of methoxy groups -OCH3 is 1. The first-order chi connectivity index (χ1) is 11.1. The lowest BCUT2D eigenvalue weighted by atomic mass is 9.97. The Morgan fingerprint density at radius 1 is 1.39 bits per heavy atom. The van der Waals surface area contributed by atoms with Crippen molar-refractivity contribution in [2.75, 3.05) is 45.8 Å². The summed E-state index contributed by atoms with van der Waals surface area (Å²) in [5.41, 5.74) is 1.16. The molecule has 1 fully saturated rings. The second-order valence-electron chi connectivity index (χ2n) is 6.11. The van der Waals surface area contributed by atoms with Gasteiger partial charge in [0.2, 0.25) is 5.91 Å². The van der Waals surface area contributed by atoms with E-state index in [4.69, 9.17) is 4.74 Å². The van der Waals surface area contributed by atoms with Gasteiger partial charge in [0.1, 0.15) is 5.75 Å². The SMILES string of the molecule is COc1ccccc1CNC(=O)CNCC1(N(C)C)CCSC1. The van der Waals surface area contributed by atoms with E-state index in [1.807, 2.05) is 36.0 Å². The van der Waals surface area contributed by atoms with Crippen LogP contribution in [-0.4, -0.2) is 62.1 Å². The van der Waals surface area contributed by atoms with Gasteiger partial charge in [-0.05, 0) is 32.3 Å². The number of ether oxygens (including phenoxy) is 1. The third kappa shape index (κ3) is 4.86. The average Bonchev–Trinajstić information content (AvgIpc) is 3.03. The molecule has 6 heteroatoms. The molecule has 1 aromatic carbocycles. The molecule has 23 heavy (non-hydrogen) atoms. The van der Waals surface area contributed by atoms with Gasteiger partial charge in [0.15, 0.2) is 0 Å². The second kappa shape index (κ2) is 8.57. The average molecular weight is 337 g/mol. The molecule has 5 nitrogen and oxygen atoms in total. The van der Waals surface area contributed by atoms with Crippen LogP contribution in [0.25, 0.3) is 0 Å². The van der Waals surface area contributed by atoms with E-state index in [9.17, 15) is 4.79 Å². The smallest absolute Gasteiger partial charge is 0.234 e. The molecule has 0 saturated carbocycles. The molecule has 1 heterocycles. The third-order valence-electron chi connectivity index (χ3n) is 4.44. The first-order valence-corrected chi connectivity index (χ1v) is 9.07. The number of hydrogen-bond acceptors (Lipinski definition) is 5. The minimum atomic E-state index is 0.00969. The Morgan fingerprint density at radius 3 is 2.83 bits per heavy atom. The number of carbonyl (C=O) groups is 1. The number of para-hydroxylation sites is 1. The van der Waals surface area contributed by atoms with Crippen molar-refractivity contribution >= 4 is 17.7 Å². The third-order valence-corrected chi connectivity index (χ3v) is 5.67. The van der Waals surface area contributed by atoms with Gasteiger partial charge in [0.25, 0.3) is 0 Å². The molecule has 0 aliphatic carbocycles. The molecule has 2 N–H and O–H groups in total. The van der Waals surface area contributed by atoms with E-state index in [0.29, 0.717) is 13.1 Å². The molecule has 0 bridgehead atoms. The molecule has 128 valence electrons. The summed E-state index contributed by atoms with van der Waals surface area (Å²) in [7, 11) is 5.88. The van der Waals surface area contributed by atoms with Crippen molar-refractivity contribution in [3.63, 3.8) is 0 Å². The number of rotatable bonds is 8. The lowest BCUT2D eigenvalue weighted by Crippen LogP contribution is -2.53. The molecule has 1 aromatic rings. The normalized spacial score (nSPS) is 20.7. The summed E-state index contributed by atoms with van der Waals surface area (Å²) in [4.78, 5) is 14.3. The highest BCUT2D eigenvalue weighted by molar-refractivity contribution is 7.99. The van der Waals surface area contributed by atoms with Crippen LogP contribution in [0.4, 0.5) is 0 Å². The van der Waals surface area contributed by atoms with Crippen LogP contribution in [0.15, 0.2) is 24.3 Å². The molecule has 0 aromatic heterocycles. The van der Waals surface area contributed by atoms with Crippen LogP contribution in [0.3, 0.4) is 0 Å². The van der Waals surface area contributed by atoms with Crippen molar-refractivity contribution in [3.8, 4) is 5.75 Å². The van der Waals surface area contributed by atoms with Gasteiger partial charge in [-0.1, -0.05) is 18.2 Å². The van der Waals surface area contributed by atoms with E-state index in [0.717, 1.165) is 23.6 Å². The Hall–Kier alpha value is -1.24. The van der Waals surface area contributed by atoms with Crippen molar-refractivity contribution in [1.82, 2.24) is 15.5 Å². The van der Waals surface area contributed by atoms with Gasteiger partial charge < -0.3 is 20.3 Å². The zero-order chi connectivity index (χ0) is 16.7. The maximum atomic E-state index is 12.0. The molecule has 1 atom stereocenters. The maximum absolute atomic E-state index is 12.0. The zero-order valence-corrected chi connectivity index (χ0v) is 15.0. The number of amides is 1. The minimum absolute atomic E-state index is 0.00969. The number of nitrogens with zero attached hydrogens (tertiary/aromatic N) is 1. The molecular weight excluding hydrogens is 310 g/mol. The Kier molecular flexibility index (Phi) is 6.74. The molecule has 1 aliphatic heterocycles. The van der Waals surface area contributed by atoms with Crippen LogP contribution in [0.2, 0.25) is 0 Å². The van der Waals surface area contributed by atoms with Crippen molar-refractivity contribution in [3.05, 3.63) is 29.8 Å². The monoisotopic (exact) mass is 337 g/mol. The van der Waals surface area contributed by atoms with Gasteiger partial charge in [-0.3, -0.25) is 4.79 Å². The van der Waals surface area contributed by atoms with Crippen LogP contribution in [-0.2, 0) is 11.3 Å². The van der Waals surface area contributed by atoms with Crippen molar-refractivity contribution in [1.29, 1.82) is 0 Å². The lowest BCUT2D eigenvalue weighted by molar-refractivity contribution is -0.120. The topological polar surface area (TPSA) is 53.6 Å². The minimum Gasteiger partial charge on any atom is -0.496 e. The quantitative estimate of drug-likeness (QED) is 0.750. The first kappa shape index (κ1) is 18.1. The highest BCUT2D eigenvalue weighted by Crippen LogP contribution is 2.31. The maximum Gasteiger partial charge on any atom is 0.234 e. The van der Waals surface area contributed by atoms with Gasteiger partial charge in [-0.15, -0.1) is 0 Å². The molecule has 0 radical (unpaired) electrons. The molecule has 1 aliphatic rings. The molecule has 1 saturated heterocycles.